The molecule has 0 radical (unpaired) electrons. The minimum absolute atomic E-state index is 0.246. The molecule has 0 aromatic heterocycles. The van der Waals surface area contributed by atoms with Crippen molar-refractivity contribution in [2.45, 2.75) is 33.6 Å². The average Bonchev–Trinajstić information content (AvgIpc) is 2.83. The van der Waals surface area contributed by atoms with E-state index in [2.05, 4.69) is 20.8 Å². The van der Waals surface area contributed by atoms with Gasteiger partial charge >= 0.3 is 0 Å². The van der Waals surface area contributed by atoms with Crippen molar-refractivity contribution in [1.82, 2.24) is 0 Å². The number of hydrogen-bond acceptors (Lipinski definition) is 3. The third kappa shape index (κ3) is 2.65. The van der Waals surface area contributed by atoms with Crippen molar-refractivity contribution < 1.29 is 14.2 Å². The summed E-state index contributed by atoms with van der Waals surface area (Å²) in [6, 6.07) is 5.72. The van der Waals surface area contributed by atoms with E-state index < -0.39 is 0 Å². The molecule has 0 saturated heterocycles. The lowest BCUT2D eigenvalue weighted by molar-refractivity contribution is 0.151. The molecule has 1 aliphatic rings. The van der Waals surface area contributed by atoms with Crippen molar-refractivity contribution in [2.24, 2.45) is 5.41 Å². The summed E-state index contributed by atoms with van der Waals surface area (Å²) < 4.78 is 16.4. The molecule has 94 valence electrons. The second-order valence-electron chi connectivity index (χ2n) is 4.82. The van der Waals surface area contributed by atoms with Crippen molar-refractivity contribution in [1.29, 1.82) is 0 Å². The second kappa shape index (κ2) is 4.86. The van der Waals surface area contributed by atoms with Crippen LogP contribution in [0.4, 0.5) is 0 Å². The average molecular weight is 236 g/mol. The topological polar surface area (TPSA) is 27.7 Å². The molecule has 3 nitrogen and oxygen atoms in total. The summed E-state index contributed by atoms with van der Waals surface area (Å²) >= 11 is 0. The molecule has 3 heteroatoms. The van der Waals surface area contributed by atoms with Gasteiger partial charge in [0.05, 0.1) is 6.61 Å². The summed E-state index contributed by atoms with van der Waals surface area (Å²) in [6.07, 6.45) is 2.24. The fourth-order valence-electron chi connectivity index (χ4n) is 1.68. The predicted octanol–water partition coefficient (Wildman–Crippen LogP) is 3.62. The summed E-state index contributed by atoms with van der Waals surface area (Å²) in [4.78, 5) is 0. The molecule has 17 heavy (non-hydrogen) atoms. The molecular weight excluding hydrogens is 216 g/mol. The molecular formula is C14H20O3. The van der Waals surface area contributed by atoms with Gasteiger partial charge in [-0.25, -0.2) is 0 Å². The van der Waals surface area contributed by atoms with E-state index in [9.17, 15) is 0 Å². The van der Waals surface area contributed by atoms with Gasteiger partial charge in [0.15, 0.2) is 11.5 Å². The SMILES string of the molecule is CCC(C)(CC)COc1ccc2c(c1)OCO2. The zero-order valence-electron chi connectivity index (χ0n) is 10.8. The molecule has 0 atom stereocenters. The van der Waals surface area contributed by atoms with E-state index in [1.165, 1.54) is 0 Å². The van der Waals surface area contributed by atoms with Crippen LogP contribution in [0.15, 0.2) is 18.2 Å². The fraction of sp³-hybridized carbons (Fsp3) is 0.571. The number of benzene rings is 1. The van der Waals surface area contributed by atoms with Crippen molar-refractivity contribution in [3.05, 3.63) is 18.2 Å². The van der Waals surface area contributed by atoms with Gasteiger partial charge in [-0.1, -0.05) is 20.8 Å². The highest BCUT2D eigenvalue weighted by molar-refractivity contribution is 5.46. The van der Waals surface area contributed by atoms with Gasteiger partial charge in [0, 0.05) is 11.5 Å². The molecule has 0 unspecified atom stereocenters. The van der Waals surface area contributed by atoms with Crippen LogP contribution in [0.5, 0.6) is 17.2 Å². The van der Waals surface area contributed by atoms with E-state index >= 15 is 0 Å². The zero-order valence-corrected chi connectivity index (χ0v) is 10.8. The summed E-state index contributed by atoms with van der Waals surface area (Å²) in [6.45, 7) is 7.69. The van der Waals surface area contributed by atoms with Crippen molar-refractivity contribution >= 4 is 0 Å². The van der Waals surface area contributed by atoms with Gasteiger partial charge < -0.3 is 14.2 Å². The van der Waals surface area contributed by atoms with Crippen LogP contribution in [0, 0.1) is 5.41 Å². The third-order valence-corrected chi connectivity index (χ3v) is 3.64. The summed E-state index contributed by atoms with van der Waals surface area (Å²) in [5, 5.41) is 0. The van der Waals surface area contributed by atoms with Crippen LogP contribution in [-0.2, 0) is 0 Å². The number of fused-ring (bicyclic) bond motifs is 1. The van der Waals surface area contributed by atoms with Gasteiger partial charge in [0.1, 0.15) is 5.75 Å². The molecule has 0 saturated carbocycles. The molecule has 0 N–H and O–H groups in total. The van der Waals surface area contributed by atoms with Gasteiger partial charge in [-0.15, -0.1) is 0 Å². The van der Waals surface area contributed by atoms with Crippen molar-refractivity contribution in [3.8, 4) is 17.2 Å². The standard InChI is InChI=1S/C14H20O3/c1-4-14(3,5-2)9-15-11-6-7-12-13(8-11)17-10-16-12/h6-8H,4-5,9-10H2,1-3H3. The highest BCUT2D eigenvalue weighted by atomic mass is 16.7. The first-order valence-electron chi connectivity index (χ1n) is 6.19. The summed E-state index contributed by atoms with van der Waals surface area (Å²) in [7, 11) is 0. The molecule has 1 aliphatic heterocycles. The summed E-state index contributed by atoms with van der Waals surface area (Å²) in [5.41, 5.74) is 0.246. The molecule has 0 aliphatic carbocycles. The quantitative estimate of drug-likeness (QED) is 0.781. The predicted molar refractivity (Wildman–Crippen MR) is 66.7 cm³/mol. The highest BCUT2D eigenvalue weighted by Gasteiger charge is 2.21. The lowest BCUT2D eigenvalue weighted by Crippen LogP contribution is -2.23. The number of rotatable bonds is 5. The number of hydrogen-bond donors (Lipinski definition) is 0. The number of ether oxygens (including phenoxy) is 3. The Kier molecular flexibility index (Phi) is 3.46. The minimum atomic E-state index is 0.246. The van der Waals surface area contributed by atoms with E-state index in [0.717, 1.165) is 36.7 Å². The second-order valence-corrected chi connectivity index (χ2v) is 4.82. The van der Waals surface area contributed by atoms with E-state index in [4.69, 9.17) is 14.2 Å². The first-order chi connectivity index (χ1) is 8.17. The van der Waals surface area contributed by atoms with Gasteiger partial charge in [-0.2, -0.15) is 0 Å². The monoisotopic (exact) mass is 236 g/mol. The normalized spacial score (nSPS) is 13.8. The lowest BCUT2D eigenvalue weighted by Gasteiger charge is -2.26. The Morgan fingerprint density at radius 1 is 1.18 bits per heavy atom. The van der Waals surface area contributed by atoms with E-state index in [0.29, 0.717) is 6.79 Å². The smallest absolute Gasteiger partial charge is 0.231 e. The Bertz CT molecular complexity index is 383. The largest absolute Gasteiger partial charge is 0.493 e. The van der Waals surface area contributed by atoms with Crippen LogP contribution >= 0.6 is 0 Å². The van der Waals surface area contributed by atoms with Crippen LogP contribution in [0.1, 0.15) is 33.6 Å². The van der Waals surface area contributed by atoms with Crippen LogP contribution < -0.4 is 14.2 Å². The maximum Gasteiger partial charge on any atom is 0.231 e. The Balaban J connectivity index is 2.00. The molecule has 1 aromatic carbocycles. The Hall–Kier alpha value is -1.38. The van der Waals surface area contributed by atoms with Crippen molar-refractivity contribution in [2.75, 3.05) is 13.4 Å². The lowest BCUT2D eigenvalue weighted by atomic mass is 9.86. The maximum absolute atomic E-state index is 5.84. The van der Waals surface area contributed by atoms with E-state index in [1.807, 2.05) is 18.2 Å². The Labute approximate surface area is 103 Å². The highest BCUT2D eigenvalue weighted by Crippen LogP contribution is 2.36. The fourth-order valence-corrected chi connectivity index (χ4v) is 1.68. The van der Waals surface area contributed by atoms with Crippen molar-refractivity contribution in [3.63, 3.8) is 0 Å². The van der Waals surface area contributed by atoms with Gasteiger partial charge in [0.25, 0.3) is 0 Å². The zero-order chi connectivity index (χ0) is 12.3. The van der Waals surface area contributed by atoms with E-state index in [1.54, 1.807) is 0 Å². The van der Waals surface area contributed by atoms with Gasteiger partial charge in [0.2, 0.25) is 6.79 Å². The van der Waals surface area contributed by atoms with Gasteiger partial charge in [-0.05, 0) is 25.0 Å². The van der Waals surface area contributed by atoms with Gasteiger partial charge in [-0.3, -0.25) is 0 Å². The third-order valence-electron chi connectivity index (χ3n) is 3.64. The molecule has 1 heterocycles. The first-order valence-corrected chi connectivity index (χ1v) is 6.19. The molecule has 2 rings (SSSR count). The Morgan fingerprint density at radius 3 is 2.59 bits per heavy atom. The minimum Gasteiger partial charge on any atom is -0.493 e. The molecule has 0 spiro atoms. The first kappa shape index (κ1) is 12.1. The van der Waals surface area contributed by atoms with Crippen LogP contribution in [0.25, 0.3) is 0 Å². The molecule has 0 bridgehead atoms. The molecule has 0 amide bonds. The Morgan fingerprint density at radius 2 is 1.88 bits per heavy atom. The van der Waals surface area contributed by atoms with E-state index in [-0.39, 0.29) is 5.41 Å². The summed E-state index contributed by atoms with van der Waals surface area (Å²) in [5.74, 6) is 2.42. The van der Waals surface area contributed by atoms with Crippen LogP contribution in [-0.4, -0.2) is 13.4 Å². The van der Waals surface area contributed by atoms with Crippen LogP contribution in [0.2, 0.25) is 0 Å². The van der Waals surface area contributed by atoms with Crippen LogP contribution in [0.3, 0.4) is 0 Å². The molecule has 0 fully saturated rings. The molecule has 1 aromatic rings. The maximum atomic E-state index is 5.84.